The summed E-state index contributed by atoms with van der Waals surface area (Å²) in [6.07, 6.45) is -4.68. The monoisotopic (exact) mass is 287 g/mol. The molecule has 0 N–H and O–H groups in total. The van der Waals surface area contributed by atoms with E-state index in [0.29, 0.717) is 13.1 Å². The molecule has 0 saturated carbocycles. The molecule has 0 aromatic heterocycles. The highest BCUT2D eigenvalue weighted by Crippen LogP contribution is 2.30. The van der Waals surface area contributed by atoms with Crippen LogP contribution < -0.4 is 0 Å². The van der Waals surface area contributed by atoms with Gasteiger partial charge in [-0.1, -0.05) is 6.07 Å². The lowest BCUT2D eigenvalue weighted by Crippen LogP contribution is -2.48. The van der Waals surface area contributed by atoms with E-state index in [1.807, 2.05) is 13.8 Å². The number of hydrogen-bond donors (Lipinski definition) is 0. The molecule has 1 aromatic carbocycles. The van der Waals surface area contributed by atoms with Crippen LogP contribution in [0.2, 0.25) is 0 Å². The molecule has 110 valence electrons. The first kappa shape index (κ1) is 14.8. The zero-order valence-corrected chi connectivity index (χ0v) is 11.3. The Bertz CT molecular complexity index is 491. The largest absolute Gasteiger partial charge is 0.416 e. The summed E-state index contributed by atoms with van der Waals surface area (Å²) in [5, 5.41) is 0. The molecule has 6 heteroatoms. The smallest absolute Gasteiger partial charge is 0.372 e. The number of halogens is 3. The number of amides is 1. The summed E-state index contributed by atoms with van der Waals surface area (Å²) in [6.45, 7) is 4.45. The second-order valence-electron chi connectivity index (χ2n) is 5.05. The average molecular weight is 287 g/mol. The summed E-state index contributed by atoms with van der Waals surface area (Å²) in [5.74, 6) is -0.391. The van der Waals surface area contributed by atoms with Crippen LogP contribution in [0.5, 0.6) is 0 Å². The van der Waals surface area contributed by atoms with Crippen molar-refractivity contribution in [2.75, 3.05) is 13.1 Å². The van der Waals surface area contributed by atoms with E-state index in [1.54, 1.807) is 0 Å². The molecule has 0 bridgehead atoms. The SMILES string of the molecule is CC1CN(C(=O)c2cccc(C(F)(F)F)c2)CC(C)O1. The Balaban J connectivity index is 2.21. The van der Waals surface area contributed by atoms with Crippen LogP contribution in [0.1, 0.15) is 29.8 Å². The van der Waals surface area contributed by atoms with Crippen molar-refractivity contribution < 1.29 is 22.7 Å². The van der Waals surface area contributed by atoms with E-state index in [-0.39, 0.29) is 17.8 Å². The lowest BCUT2D eigenvalue weighted by Gasteiger charge is -2.35. The van der Waals surface area contributed by atoms with Gasteiger partial charge >= 0.3 is 6.18 Å². The Morgan fingerprint density at radius 1 is 1.25 bits per heavy atom. The summed E-state index contributed by atoms with van der Waals surface area (Å²) in [4.78, 5) is 13.8. The van der Waals surface area contributed by atoms with Gasteiger partial charge in [-0.2, -0.15) is 13.2 Å². The first-order valence-corrected chi connectivity index (χ1v) is 6.39. The first-order valence-electron chi connectivity index (χ1n) is 6.39. The van der Waals surface area contributed by atoms with Gasteiger partial charge < -0.3 is 9.64 Å². The maximum atomic E-state index is 12.7. The van der Waals surface area contributed by atoms with Gasteiger partial charge in [0.2, 0.25) is 0 Å². The van der Waals surface area contributed by atoms with Crippen molar-refractivity contribution >= 4 is 5.91 Å². The third-order valence-electron chi connectivity index (χ3n) is 3.14. The van der Waals surface area contributed by atoms with E-state index in [2.05, 4.69) is 0 Å². The molecule has 0 radical (unpaired) electrons. The van der Waals surface area contributed by atoms with Crippen molar-refractivity contribution in [3.05, 3.63) is 35.4 Å². The summed E-state index contributed by atoms with van der Waals surface area (Å²) in [7, 11) is 0. The number of carbonyl (C=O) groups is 1. The normalized spacial score (nSPS) is 23.8. The number of alkyl halides is 3. The number of morpholine rings is 1. The standard InChI is InChI=1S/C14H16F3NO2/c1-9-7-18(8-10(2)20-9)13(19)11-4-3-5-12(6-11)14(15,16)17/h3-6,9-10H,7-8H2,1-2H3. The Kier molecular flexibility index (Phi) is 4.04. The fourth-order valence-corrected chi connectivity index (χ4v) is 2.35. The molecule has 1 amide bonds. The summed E-state index contributed by atoms with van der Waals surface area (Å²) in [6, 6.07) is 4.51. The molecule has 1 aliphatic rings. The number of carbonyl (C=O) groups excluding carboxylic acids is 1. The van der Waals surface area contributed by atoms with E-state index in [9.17, 15) is 18.0 Å². The number of nitrogens with zero attached hydrogens (tertiary/aromatic N) is 1. The van der Waals surface area contributed by atoms with Crippen LogP contribution in [0, 0.1) is 0 Å². The molecule has 2 rings (SSSR count). The average Bonchev–Trinajstić information content (AvgIpc) is 2.36. The van der Waals surface area contributed by atoms with E-state index < -0.39 is 17.6 Å². The van der Waals surface area contributed by atoms with Gasteiger partial charge in [0.25, 0.3) is 5.91 Å². The Labute approximate surface area is 115 Å². The van der Waals surface area contributed by atoms with Gasteiger partial charge in [0.1, 0.15) is 0 Å². The van der Waals surface area contributed by atoms with E-state index in [4.69, 9.17) is 4.74 Å². The number of benzene rings is 1. The van der Waals surface area contributed by atoms with Crippen molar-refractivity contribution in [3.8, 4) is 0 Å². The van der Waals surface area contributed by atoms with Crippen LogP contribution in [0.15, 0.2) is 24.3 Å². The molecular formula is C14H16F3NO2. The highest BCUT2D eigenvalue weighted by Gasteiger charge is 2.32. The third kappa shape index (κ3) is 3.30. The Morgan fingerprint density at radius 2 is 1.85 bits per heavy atom. The Hall–Kier alpha value is -1.56. The fourth-order valence-electron chi connectivity index (χ4n) is 2.35. The predicted octanol–water partition coefficient (Wildman–Crippen LogP) is 2.95. The topological polar surface area (TPSA) is 29.5 Å². The van der Waals surface area contributed by atoms with Gasteiger partial charge in [0, 0.05) is 18.7 Å². The molecule has 1 heterocycles. The molecule has 1 fully saturated rings. The number of rotatable bonds is 1. The number of ether oxygens (including phenoxy) is 1. The predicted molar refractivity (Wildman–Crippen MR) is 67.4 cm³/mol. The van der Waals surface area contributed by atoms with Crippen LogP contribution in [-0.4, -0.2) is 36.1 Å². The van der Waals surface area contributed by atoms with Crippen molar-refractivity contribution in [3.63, 3.8) is 0 Å². The molecule has 1 aliphatic heterocycles. The van der Waals surface area contributed by atoms with E-state index in [1.165, 1.54) is 17.0 Å². The van der Waals surface area contributed by atoms with Crippen molar-refractivity contribution in [1.29, 1.82) is 0 Å². The van der Waals surface area contributed by atoms with E-state index >= 15 is 0 Å². The van der Waals surface area contributed by atoms with Gasteiger partial charge in [0.15, 0.2) is 0 Å². The van der Waals surface area contributed by atoms with Gasteiger partial charge in [0.05, 0.1) is 17.8 Å². The maximum Gasteiger partial charge on any atom is 0.416 e. The van der Waals surface area contributed by atoms with Crippen LogP contribution in [0.3, 0.4) is 0 Å². The minimum atomic E-state index is -4.44. The summed E-state index contributed by atoms with van der Waals surface area (Å²) >= 11 is 0. The highest BCUT2D eigenvalue weighted by atomic mass is 19.4. The third-order valence-corrected chi connectivity index (χ3v) is 3.14. The van der Waals surface area contributed by atoms with Gasteiger partial charge in [-0.25, -0.2) is 0 Å². The van der Waals surface area contributed by atoms with Crippen LogP contribution in [-0.2, 0) is 10.9 Å². The molecule has 3 nitrogen and oxygen atoms in total. The van der Waals surface area contributed by atoms with Crippen molar-refractivity contribution in [1.82, 2.24) is 4.90 Å². The zero-order valence-electron chi connectivity index (χ0n) is 11.3. The number of hydrogen-bond acceptors (Lipinski definition) is 2. The van der Waals surface area contributed by atoms with Crippen LogP contribution in [0.4, 0.5) is 13.2 Å². The second-order valence-corrected chi connectivity index (χ2v) is 5.05. The fraction of sp³-hybridized carbons (Fsp3) is 0.500. The summed E-state index contributed by atoms with van der Waals surface area (Å²) < 4.78 is 43.5. The molecule has 0 spiro atoms. The van der Waals surface area contributed by atoms with Crippen LogP contribution in [0.25, 0.3) is 0 Å². The quantitative estimate of drug-likeness (QED) is 0.794. The van der Waals surface area contributed by atoms with Gasteiger partial charge in [-0.15, -0.1) is 0 Å². The van der Waals surface area contributed by atoms with Gasteiger partial charge in [-0.3, -0.25) is 4.79 Å². The first-order chi connectivity index (χ1) is 9.27. The second kappa shape index (κ2) is 5.44. The maximum absolute atomic E-state index is 12.7. The lowest BCUT2D eigenvalue weighted by atomic mass is 10.1. The molecule has 2 unspecified atom stereocenters. The molecule has 1 saturated heterocycles. The lowest BCUT2D eigenvalue weighted by molar-refractivity contribution is -0.137. The molecule has 2 atom stereocenters. The Morgan fingerprint density at radius 3 is 2.40 bits per heavy atom. The zero-order chi connectivity index (χ0) is 14.9. The minimum Gasteiger partial charge on any atom is -0.372 e. The van der Waals surface area contributed by atoms with E-state index in [0.717, 1.165) is 12.1 Å². The van der Waals surface area contributed by atoms with Gasteiger partial charge in [-0.05, 0) is 32.0 Å². The summed E-state index contributed by atoms with van der Waals surface area (Å²) in [5.41, 5.74) is -0.751. The van der Waals surface area contributed by atoms with Crippen molar-refractivity contribution in [2.45, 2.75) is 32.2 Å². The molecule has 1 aromatic rings. The van der Waals surface area contributed by atoms with Crippen LogP contribution >= 0.6 is 0 Å². The molecule has 20 heavy (non-hydrogen) atoms. The van der Waals surface area contributed by atoms with Crippen molar-refractivity contribution in [2.24, 2.45) is 0 Å². The molecular weight excluding hydrogens is 271 g/mol. The minimum absolute atomic E-state index is 0.0566. The molecule has 0 aliphatic carbocycles. The highest BCUT2D eigenvalue weighted by molar-refractivity contribution is 5.94.